The summed E-state index contributed by atoms with van der Waals surface area (Å²) < 4.78 is 0. The first-order chi connectivity index (χ1) is 27.3. The Morgan fingerprint density at radius 3 is 1.85 bits per heavy atom. The van der Waals surface area contributed by atoms with Crippen LogP contribution < -0.4 is 4.90 Å². The van der Waals surface area contributed by atoms with Gasteiger partial charge in [-0.25, -0.2) is 0 Å². The van der Waals surface area contributed by atoms with Crippen molar-refractivity contribution in [3.8, 4) is 11.1 Å². The molecule has 0 heterocycles. The molecule has 0 fully saturated rings. The van der Waals surface area contributed by atoms with Gasteiger partial charge in [0.2, 0.25) is 0 Å². The summed E-state index contributed by atoms with van der Waals surface area (Å²) in [6, 6.07) is 72.5. The zero-order chi connectivity index (χ0) is 36.4. The highest BCUT2D eigenvalue weighted by molar-refractivity contribution is 5.99. The fraction of sp³-hybridized carbons (Fsp3) is 0.0741. The Labute approximate surface area is 323 Å². The predicted molar refractivity (Wildman–Crippen MR) is 229 cm³/mol. The molecule has 8 aromatic carbocycles. The van der Waals surface area contributed by atoms with Gasteiger partial charge in [-0.3, -0.25) is 0 Å². The van der Waals surface area contributed by atoms with Gasteiger partial charge in [-0.1, -0.05) is 188 Å². The van der Waals surface area contributed by atoms with Crippen molar-refractivity contribution in [1.29, 1.82) is 0 Å². The second kappa shape index (κ2) is 12.4. The Morgan fingerprint density at radius 1 is 0.436 bits per heavy atom. The summed E-state index contributed by atoms with van der Waals surface area (Å²) in [5.41, 5.74) is 14.8. The Bertz CT molecular complexity index is 2790. The molecule has 0 aliphatic heterocycles. The number of para-hydroxylation sites is 1. The van der Waals surface area contributed by atoms with Crippen molar-refractivity contribution in [2.24, 2.45) is 5.92 Å². The standard InChI is InChI=1S/C54H39N/c1-4-20-39(21-5-1)53(41-34-36-43(37-35-41)55(42-24-8-3-9-25-42)51-33-16-19-38-18-10-11-26-44(38)51)48-30-14-15-31-49(48)54(40-22-6-2-7-23-40)47-29-13-12-27-45(47)46-28-17-32-50(53)52(46)54/h1-20,22-37,39H,21H2. The molecule has 1 nitrogen and oxygen atoms in total. The van der Waals surface area contributed by atoms with Gasteiger partial charge in [0.15, 0.2) is 0 Å². The molecule has 260 valence electrons. The topological polar surface area (TPSA) is 3.24 Å². The third kappa shape index (κ3) is 4.41. The second-order valence-electron chi connectivity index (χ2n) is 15.1. The first-order valence-corrected chi connectivity index (χ1v) is 19.5. The second-order valence-corrected chi connectivity index (χ2v) is 15.1. The number of nitrogens with zero attached hydrogens (tertiary/aromatic N) is 1. The summed E-state index contributed by atoms with van der Waals surface area (Å²) in [7, 11) is 0. The minimum Gasteiger partial charge on any atom is -0.310 e. The zero-order valence-corrected chi connectivity index (χ0v) is 30.5. The van der Waals surface area contributed by atoms with E-state index in [-0.39, 0.29) is 5.92 Å². The largest absolute Gasteiger partial charge is 0.310 e. The fourth-order valence-corrected chi connectivity index (χ4v) is 10.5. The first kappa shape index (κ1) is 31.8. The van der Waals surface area contributed by atoms with Crippen LogP contribution in [0.3, 0.4) is 0 Å². The Morgan fingerprint density at radius 2 is 1.05 bits per heavy atom. The summed E-state index contributed by atoms with van der Waals surface area (Å²) in [4.78, 5) is 2.41. The van der Waals surface area contributed by atoms with E-state index in [1.54, 1.807) is 0 Å². The van der Waals surface area contributed by atoms with Gasteiger partial charge < -0.3 is 4.90 Å². The van der Waals surface area contributed by atoms with E-state index in [9.17, 15) is 0 Å². The van der Waals surface area contributed by atoms with E-state index in [1.165, 1.54) is 66.5 Å². The number of hydrogen-bond donors (Lipinski definition) is 0. The maximum atomic E-state index is 2.47. The van der Waals surface area contributed by atoms with Crippen LogP contribution in [-0.2, 0) is 10.8 Å². The summed E-state index contributed by atoms with van der Waals surface area (Å²) >= 11 is 0. The van der Waals surface area contributed by atoms with Gasteiger partial charge >= 0.3 is 0 Å². The van der Waals surface area contributed by atoms with Crippen LogP contribution in [0.4, 0.5) is 17.1 Å². The molecule has 1 heteroatoms. The molecule has 3 aliphatic carbocycles. The number of hydrogen-bond acceptors (Lipinski definition) is 1. The van der Waals surface area contributed by atoms with E-state index < -0.39 is 10.8 Å². The van der Waals surface area contributed by atoms with Crippen molar-refractivity contribution in [1.82, 2.24) is 0 Å². The van der Waals surface area contributed by atoms with Gasteiger partial charge in [-0.05, 0) is 98.1 Å². The smallest absolute Gasteiger partial charge is 0.0719 e. The lowest BCUT2D eigenvalue weighted by molar-refractivity contribution is 0.424. The van der Waals surface area contributed by atoms with Gasteiger partial charge in [0.05, 0.1) is 16.5 Å². The number of allylic oxidation sites excluding steroid dienone is 4. The lowest BCUT2D eigenvalue weighted by atomic mass is 9.49. The number of benzene rings is 8. The Kier molecular flexibility index (Phi) is 7.19. The zero-order valence-electron chi connectivity index (χ0n) is 30.5. The van der Waals surface area contributed by atoms with Crippen molar-refractivity contribution < 1.29 is 0 Å². The molecule has 0 saturated carbocycles. The van der Waals surface area contributed by atoms with Gasteiger partial charge in [0.25, 0.3) is 0 Å². The van der Waals surface area contributed by atoms with Gasteiger partial charge in [-0.2, -0.15) is 0 Å². The van der Waals surface area contributed by atoms with E-state index in [0.717, 1.165) is 17.8 Å². The van der Waals surface area contributed by atoms with E-state index in [1.807, 2.05) is 0 Å². The van der Waals surface area contributed by atoms with Crippen molar-refractivity contribution in [2.75, 3.05) is 4.90 Å². The molecule has 0 bridgehead atoms. The summed E-state index contributed by atoms with van der Waals surface area (Å²) in [6.07, 6.45) is 10.3. The highest BCUT2D eigenvalue weighted by Gasteiger charge is 2.58. The Hall–Kier alpha value is -6.70. The third-order valence-electron chi connectivity index (χ3n) is 12.6. The molecule has 55 heavy (non-hydrogen) atoms. The number of anilines is 3. The van der Waals surface area contributed by atoms with Crippen LogP contribution in [0.25, 0.3) is 21.9 Å². The van der Waals surface area contributed by atoms with Gasteiger partial charge in [-0.15, -0.1) is 0 Å². The maximum Gasteiger partial charge on any atom is 0.0719 e. The van der Waals surface area contributed by atoms with Gasteiger partial charge in [0.1, 0.15) is 0 Å². The Balaban J connectivity index is 1.20. The third-order valence-corrected chi connectivity index (χ3v) is 12.6. The fourth-order valence-electron chi connectivity index (χ4n) is 10.5. The maximum absolute atomic E-state index is 2.47. The van der Waals surface area contributed by atoms with Crippen LogP contribution in [0.15, 0.2) is 218 Å². The van der Waals surface area contributed by atoms with Crippen molar-refractivity contribution in [2.45, 2.75) is 17.3 Å². The molecule has 0 aromatic heterocycles. The molecule has 3 aliphatic rings. The van der Waals surface area contributed by atoms with Crippen molar-refractivity contribution >= 4 is 27.8 Å². The molecule has 0 saturated heterocycles. The van der Waals surface area contributed by atoms with Gasteiger partial charge in [0, 0.05) is 16.8 Å². The SMILES string of the molecule is C1=CCC(C2(c3ccc(N(c4ccccc4)c4cccc5ccccc45)cc3)c3ccccc3C3(c4ccccc4)c4ccccc4-c4cccc2c43)C=C1. The molecule has 8 aromatic rings. The monoisotopic (exact) mass is 701 g/mol. The quantitative estimate of drug-likeness (QED) is 0.167. The molecule has 0 N–H and O–H groups in total. The average Bonchev–Trinajstić information content (AvgIpc) is 3.58. The van der Waals surface area contributed by atoms with E-state index in [4.69, 9.17) is 0 Å². The molecule has 11 rings (SSSR count). The van der Waals surface area contributed by atoms with E-state index in [2.05, 4.69) is 223 Å². The molecule has 3 unspecified atom stereocenters. The van der Waals surface area contributed by atoms with Crippen LogP contribution in [0, 0.1) is 5.92 Å². The first-order valence-electron chi connectivity index (χ1n) is 19.5. The van der Waals surface area contributed by atoms with Crippen LogP contribution >= 0.6 is 0 Å². The normalized spacial score (nSPS) is 20.1. The lowest BCUT2D eigenvalue weighted by Gasteiger charge is -2.52. The molecule has 0 amide bonds. The van der Waals surface area contributed by atoms with Crippen LogP contribution in [-0.4, -0.2) is 0 Å². The molecule has 0 radical (unpaired) electrons. The minimum absolute atomic E-state index is 0.205. The number of rotatable bonds is 6. The summed E-state index contributed by atoms with van der Waals surface area (Å²) in [6.45, 7) is 0. The van der Waals surface area contributed by atoms with E-state index in [0.29, 0.717) is 0 Å². The average molecular weight is 702 g/mol. The predicted octanol–water partition coefficient (Wildman–Crippen LogP) is 13.5. The minimum atomic E-state index is -0.445. The summed E-state index contributed by atoms with van der Waals surface area (Å²) in [5, 5.41) is 2.46. The number of fused-ring (bicyclic) bond motifs is 6. The highest BCUT2D eigenvalue weighted by atomic mass is 15.1. The van der Waals surface area contributed by atoms with Crippen LogP contribution in [0.5, 0.6) is 0 Å². The molecule has 3 atom stereocenters. The van der Waals surface area contributed by atoms with E-state index >= 15 is 0 Å². The van der Waals surface area contributed by atoms with Crippen LogP contribution in [0.2, 0.25) is 0 Å². The van der Waals surface area contributed by atoms with Crippen LogP contribution in [0.1, 0.15) is 45.4 Å². The molecular weight excluding hydrogens is 663 g/mol. The molecule has 0 spiro atoms. The summed E-state index contributed by atoms with van der Waals surface area (Å²) in [5.74, 6) is 0.205. The molecular formula is C54H39N. The van der Waals surface area contributed by atoms with Crippen molar-refractivity contribution in [3.63, 3.8) is 0 Å². The lowest BCUT2D eigenvalue weighted by Crippen LogP contribution is -2.47. The van der Waals surface area contributed by atoms with Crippen molar-refractivity contribution in [3.05, 3.63) is 257 Å². The highest BCUT2D eigenvalue weighted by Crippen LogP contribution is 2.66.